The summed E-state index contributed by atoms with van der Waals surface area (Å²) in [5.41, 5.74) is 0.950. The van der Waals surface area contributed by atoms with Gasteiger partial charge in [0.2, 0.25) is 10.0 Å². The third-order valence-corrected chi connectivity index (χ3v) is 7.97. The van der Waals surface area contributed by atoms with Crippen LogP contribution in [0.2, 0.25) is 0 Å². The molecule has 0 aliphatic rings. The molecule has 0 fully saturated rings. The number of sulfonamides is 1. The molecule has 0 unspecified atom stereocenters. The molecule has 8 nitrogen and oxygen atoms in total. The van der Waals surface area contributed by atoms with E-state index in [-0.39, 0.29) is 16.5 Å². The quantitative estimate of drug-likeness (QED) is 0.412. The molecule has 170 valence electrons. The minimum absolute atomic E-state index is 0.106. The summed E-state index contributed by atoms with van der Waals surface area (Å²) in [4.78, 5) is 29.4. The van der Waals surface area contributed by atoms with Crippen LogP contribution in [0.3, 0.4) is 0 Å². The largest absolute Gasteiger partial charge is 0.422 e. The lowest BCUT2D eigenvalue weighted by molar-refractivity contribution is 0.102. The Morgan fingerprint density at radius 1 is 1.12 bits per heavy atom. The van der Waals surface area contributed by atoms with Crippen molar-refractivity contribution in [1.29, 1.82) is 0 Å². The fourth-order valence-corrected chi connectivity index (χ4v) is 5.16. The average molecular weight is 484 g/mol. The van der Waals surface area contributed by atoms with Gasteiger partial charge >= 0.3 is 5.63 Å². The Kier molecular flexibility index (Phi) is 6.15. The Morgan fingerprint density at radius 2 is 1.82 bits per heavy atom. The highest BCUT2D eigenvalue weighted by molar-refractivity contribution is 7.89. The van der Waals surface area contributed by atoms with E-state index in [4.69, 9.17) is 4.42 Å². The van der Waals surface area contributed by atoms with Gasteiger partial charge in [0.05, 0.1) is 16.2 Å². The van der Waals surface area contributed by atoms with E-state index in [0.717, 1.165) is 5.39 Å². The van der Waals surface area contributed by atoms with Gasteiger partial charge in [-0.15, -0.1) is 11.3 Å². The third-order valence-electron chi connectivity index (χ3n) is 5.16. The van der Waals surface area contributed by atoms with E-state index in [9.17, 15) is 18.0 Å². The predicted molar refractivity (Wildman–Crippen MR) is 128 cm³/mol. The van der Waals surface area contributed by atoms with Crippen molar-refractivity contribution in [2.45, 2.75) is 24.8 Å². The van der Waals surface area contributed by atoms with Crippen LogP contribution < -0.4 is 10.9 Å². The van der Waals surface area contributed by atoms with Crippen LogP contribution in [-0.4, -0.2) is 36.7 Å². The van der Waals surface area contributed by atoms with Crippen molar-refractivity contribution in [3.8, 4) is 11.3 Å². The summed E-state index contributed by atoms with van der Waals surface area (Å²) in [5, 5.41) is 5.41. The lowest BCUT2D eigenvalue weighted by Crippen LogP contribution is -2.33. The molecule has 0 saturated heterocycles. The van der Waals surface area contributed by atoms with Crippen LogP contribution in [0, 0.1) is 0 Å². The Hall–Kier alpha value is -3.34. The number of anilines is 1. The van der Waals surface area contributed by atoms with Gasteiger partial charge in [-0.3, -0.25) is 10.1 Å². The highest BCUT2D eigenvalue weighted by atomic mass is 32.2. The number of nitrogens with zero attached hydrogens (tertiary/aromatic N) is 2. The standard InChI is InChI=1S/C23H21N3O5S2/c1-14(2)26(3)33(29,30)17-10-8-15(9-11-17)21(27)25-23-24-19(13-32-23)18-12-16-6-4-5-7-20(16)31-22(18)28/h4-14H,1-3H3,(H,24,25,27). The zero-order chi connectivity index (χ0) is 23.8. The number of rotatable bonds is 6. The lowest BCUT2D eigenvalue weighted by atomic mass is 10.1. The second-order valence-electron chi connectivity index (χ2n) is 7.62. The molecule has 10 heteroatoms. The Labute approximate surface area is 194 Å². The molecule has 0 aliphatic heterocycles. The SMILES string of the molecule is CC(C)N(C)S(=O)(=O)c1ccc(C(=O)Nc2nc(-c3cc4ccccc4oc3=O)cs2)cc1. The maximum Gasteiger partial charge on any atom is 0.345 e. The second-order valence-corrected chi connectivity index (χ2v) is 10.5. The summed E-state index contributed by atoms with van der Waals surface area (Å²) in [6, 6.07) is 14.4. The molecule has 2 aromatic heterocycles. The molecule has 1 amide bonds. The molecule has 2 aromatic carbocycles. The van der Waals surface area contributed by atoms with Crippen molar-refractivity contribution in [3.05, 3.63) is 76.0 Å². The molecular formula is C23H21N3O5S2. The van der Waals surface area contributed by atoms with Crippen molar-refractivity contribution < 1.29 is 17.6 Å². The van der Waals surface area contributed by atoms with Crippen molar-refractivity contribution >= 4 is 43.4 Å². The molecule has 0 aliphatic carbocycles. The summed E-state index contributed by atoms with van der Waals surface area (Å²) in [5.74, 6) is -0.442. The Balaban J connectivity index is 1.53. The normalized spacial score (nSPS) is 11.9. The first-order valence-corrected chi connectivity index (χ1v) is 12.4. The molecule has 0 saturated carbocycles. The number of amides is 1. The average Bonchev–Trinajstić information content (AvgIpc) is 3.26. The van der Waals surface area contributed by atoms with Gasteiger partial charge in [-0.05, 0) is 50.2 Å². The van der Waals surface area contributed by atoms with E-state index < -0.39 is 21.6 Å². The van der Waals surface area contributed by atoms with Gasteiger partial charge in [0.1, 0.15) is 5.58 Å². The van der Waals surface area contributed by atoms with Crippen LogP contribution in [-0.2, 0) is 10.0 Å². The molecule has 0 radical (unpaired) electrons. The van der Waals surface area contributed by atoms with Crippen LogP contribution in [0.5, 0.6) is 0 Å². The number of para-hydroxylation sites is 1. The summed E-state index contributed by atoms with van der Waals surface area (Å²) < 4.78 is 31.8. The van der Waals surface area contributed by atoms with E-state index in [2.05, 4.69) is 10.3 Å². The first kappa shape index (κ1) is 22.8. The van der Waals surface area contributed by atoms with Crippen molar-refractivity contribution in [2.75, 3.05) is 12.4 Å². The van der Waals surface area contributed by atoms with Gasteiger partial charge in [-0.2, -0.15) is 4.31 Å². The molecule has 0 spiro atoms. The van der Waals surface area contributed by atoms with Crippen molar-refractivity contribution in [2.24, 2.45) is 0 Å². The molecule has 33 heavy (non-hydrogen) atoms. The lowest BCUT2D eigenvalue weighted by Gasteiger charge is -2.20. The molecule has 0 bridgehead atoms. The molecule has 0 atom stereocenters. The minimum atomic E-state index is -3.63. The first-order valence-electron chi connectivity index (χ1n) is 10.0. The number of aromatic nitrogens is 1. The highest BCUT2D eigenvalue weighted by Crippen LogP contribution is 2.26. The van der Waals surface area contributed by atoms with E-state index in [0.29, 0.717) is 22.0 Å². The van der Waals surface area contributed by atoms with Crippen LogP contribution in [0.25, 0.3) is 22.2 Å². The Bertz CT molecular complexity index is 1490. The smallest absolute Gasteiger partial charge is 0.345 e. The molecule has 1 N–H and O–H groups in total. The highest BCUT2D eigenvalue weighted by Gasteiger charge is 2.23. The predicted octanol–water partition coefficient (Wildman–Crippen LogP) is 4.20. The van der Waals surface area contributed by atoms with E-state index in [1.165, 1.54) is 47.0 Å². The van der Waals surface area contributed by atoms with Gasteiger partial charge in [0, 0.05) is 29.4 Å². The molecular weight excluding hydrogens is 462 g/mol. The minimum Gasteiger partial charge on any atom is -0.422 e. The monoisotopic (exact) mass is 483 g/mol. The molecule has 4 rings (SSSR count). The fourth-order valence-electron chi connectivity index (χ4n) is 3.09. The van der Waals surface area contributed by atoms with Gasteiger partial charge < -0.3 is 4.42 Å². The Morgan fingerprint density at radius 3 is 2.52 bits per heavy atom. The topological polar surface area (TPSA) is 110 Å². The summed E-state index contributed by atoms with van der Waals surface area (Å²) in [7, 11) is -2.12. The van der Waals surface area contributed by atoms with Crippen molar-refractivity contribution in [3.63, 3.8) is 0 Å². The summed E-state index contributed by atoms with van der Waals surface area (Å²) in [6.45, 7) is 3.56. The zero-order valence-electron chi connectivity index (χ0n) is 18.1. The number of carbonyl (C=O) groups is 1. The maximum atomic E-state index is 12.6. The summed E-state index contributed by atoms with van der Waals surface area (Å²) >= 11 is 1.17. The van der Waals surface area contributed by atoms with Crippen LogP contribution in [0.1, 0.15) is 24.2 Å². The van der Waals surface area contributed by atoms with Gasteiger partial charge in [-0.25, -0.2) is 18.2 Å². The van der Waals surface area contributed by atoms with Crippen LogP contribution >= 0.6 is 11.3 Å². The number of nitrogens with one attached hydrogen (secondary N) is 1. The number of thiazole rings is 1. The van der Waals surface area contributed by atoms with E-state index in [1.807, 2.05) is 12.1 Å². The van der Waals surface area contributed by atoms with E-state index in [1.54, 1.807) is 37.4 Å². The maximum absolute atomic E-state index is 12.6. The number of carbonyl (C=O) groups excluding carboxylic acids is 1. The zero-order valence-corrected chi connectivity index (χ0v) is 19.7. The van der Waals surface area contributed by atoms with Crippen molar-refractivity contribution in [1.82, 2.24) is 9.29 Å². The first-order chi connectivity index (χ1) is 15.7. The summed E-state index contributed by atoms with van der Waals surface area (Å²) in [6.07, 6.45) is 0. The molecule has 2 heterocycles. The van der Waals surface area contributed by atoms with Gasteiger partial charge in [0.15, 0.2) is 5.13 Å². The van der Waals surface area contributed by atoms with Crippen LogP contribution in [0.4, 0.5) is 5.13 Å². The number of hydrogen-bond donors (Lipinski definition) is 1. The van der Waals surface area contributed by atoms with Gasteiger partial charge in [0.25, 0.3) is 5.91 Å². The third kappa shape index (κ3) is 4.58. The number of benzene rings is 2. The number of fused-ring (bicyclic) bond motifs is 1. The van der Waals surface area contributed by atoms with E-state index >= 15 is 0 Å². The fraction of sp³-hybridized carbons (Fsp3) is 0.174. The molecule has 4 aromatic rings. The second kappa shape index (κ2) is 8.89. The van der Waals surface area contributed by atoms with Gasteiger partial charge in [-0.1, -0.05) is 18.2 Å². The number of hydrogen-bond acceptors (Lipinski definition) is 7. The van der Waals surface area contributed by atoms with Crippen LogP contribution in [0.15, 0.2) is 74.1 Å².